The zero-order valence-electron chi connectivity index (χ0n) is 19.0. The number of carbonyl (C=O) groups excluding carboxylic acids is 1. The van der Waals surface area contributed by atoms with Crippen molar-refractivity contribution < 1.29 is 14.1 Å². The van der Waals surface area contributed by atoms with Gasteiger partial charge in [-0.25, -0.2) is 0 Å². The lowest BCUT2D eigenvalue weighted by molar-refractivity contribution is 0.101. The highest BCUT2D eigenvalue weighted by atomic mass is 35.5. The van der Waals surface area contributed by atoms with E-state index < -0.39 is 0 Å². The number of halogens is 1. The number of aromatic nitrogens is 3. The number of carbonyl (C=O) groups is 1. The fourth-order valence-corrected chi connectivity index (χ4v) is 3.83. The van der Waals surface area contributed by atoms with Crippen LogP contribution in [0.2, 0.25) is 5.02 Å². The first-order valence-electron chi connectivity index (χ1n) is 10.6. The molecular weight excluding hydrogens is 440 g/mol. The first-order valence-corrected chi connectivity index (χ1v) is 10.9. The number of amides is 1. The van der Waals surface area contributed by atoms with Crippen molar-refractivity contribution in [1.82, 2.24) is 14.9 Å². The predicted octanol–water partition coefficient (Wildman–Crippen LogP) is 5.64. The summed E-state index contributed by atoms with van der Waals surface area (Å²) in [4.78, 5) is 13.1. The van der Waals surface area contributed by atoms with Crippen molar-refractivity contribution in [2.24, 2.45) is 0 Å². The number of aryl methyl sites for hydroxylation is 3. The summed E-state index contributed by atoms with van der Waals surface area (Å²) in [6.07, 6.45) is 0. The maximum Gasteiger partial charge on any atom is 0.278 e. The second-order valence-electron chi connectivity index (χ2n) is 7.91. The Morgan fingerprint density at radius 1 is 1.12 bits per heavy atom. The molecule has 0 bridgehead atoms. The van der Waals surface area contributed by atoms with Crippen LogP contribution in [-0.4, -0.2) is 20.8 Å². The van der Waals surface area contributed by atoms with Gasteiger partial charge in [-0.2, -0.15) is 5.10 Å². The van der Waals surface area contributed by atoms with E-state index in [1.807, 2.05) is 74.0 Å². The summed E-state index contributed by atoms with van der Waals surface area (Å²) in [7, 11) is 0. The predicted molar refractivity (Wildman–Crippen MR) is 127 cm³/mol. The third-order valence-corrected chi connectivity index (χ3v) is 5.74. The van der Waals surface area contributed by atoms with Gasteiger partial charge < -0.3 is 14.6 Å². The quantitative estimate of drug-likeness (QED) is 0.383. The minimum Gasteiger partial charge on any atom is -0.488 e. The van der Waals surface area contributed by atoms with E-state index in [4.69, 9.17) is 20.9 Å². The third-order valence-electron chi connectivity index (χ3n) is 5.51. The number of rotatable bonds is 7. The average Bonchev–Trinajstić information content (AvgIpc) is 3.27. The van der Waals surface area contributed by atoms with Crippen LogP contribution in [0.4, 0.5) is 5.69 Å². The van der Waals surface area contributed by atoms with E-state index in [0.29, 0.717) is 34.3 Å². The van der Waals surface area contributed by atoms with Gasteiger partial charge in [0.1, 0.15) is 18.1 Å². The Balaban J connectivity index is 1.52. The number of nitrogens with zero attached hydrogens (tertiary/aromatic N) is 3. The topological polar surface area (TPSA) is 82.2 Å². The second kappa shape index (κ2) is 9.50. The standard InChI is InChI=1S/C25H25ClN4O3/c1-15-8-5-6-11-22(15)32-14-21-18(4)33-29-24(21)25(31)27-23-16(2)28-30(17(23)3)13-19-9-7-10-20(26)12-19/h5-12H,13-14H2,1-4H3,(H,27,31). The molecule has 2 aromatic heterocycles. The van der Waals surface area contributed by atoms with Gasteiger partial charge in [0.05, 0.1) is 29.2 Å². The van der Waals surface area contributed by atoms with E-state index in [1.165, 1.54) is 0 Å². The van der Waals surface area contributed by atoms with Crippen LogP contribution < -0.4 is 10.1 Å². The molecule has 33 heavy (non-hydrogen) atoms. The van der Waals surface area contributed by atoms with Crippen LogP contribution in [0.15, 0.2) is 53.1 Å². The molecule has 0 unspecified atom stereocenters. The summed E-state index contributed by atoms with van der Waals surface area (Å²) in [6, 6.07) is 15.3. The van der Waals surface area contributed by atoms with Gasteiger partial charge >= 0.3 is 0 Å². The molecule has 4 aromatic rings. The van der Waals surface area contributed by atoms with Gasteiger partial charge in [-0.1, -0.05) is 47.1 Å². The van der Waals surface area contributed by atoms with Crippen molar-refractivity contribution >= 4 is 23.2 Å². The Hall–Kier alpha value is -3.58. The maximum atomic E-state index is 13.1. The molecule has 1 amide bonds. The average molecular weight is 465 g/mol. The van der Waals surface area contributed by atoms with Crippen LogP contribution in [0.3, 0.4) is 0 Å². The summed E-state index contributed by atoms with van der Waals surface area (Å²) in [5.41, 5.74) is 5.03. The third kappa shape index (κ3) is 4.93. The SMILES string of the molecule is Cc1ccccc1OCc1c(C(=O)Nc2c(C)nn(Cc3cccc(Cl)c3)c2C)noc1C. The van der Waals surface area contributed by atoms with E-state index in [0.717, 1.165) is 22.6 Å². The molecule has 0 aliphatic rings. The summed E-state index contributed by atoms with van der Waals surface area (Å²) in [5.74, 6) is 0.918. The van der Waals surface area contributed by atoms with Gasteiger partial charge in [0.25, 0.3) is 5.91 Å². The largest absolute Gasteiger partial charge is 0.488 e. The number of ether oxygens (including phenoxy) is 1. The van der Waals surface area contributed by atoms with Crippen molar-refractivity contribution in [2.45, 2.75) is 40.8 Å². The Bertz CT molecular complexity index is 1310. The van der Waals surface area contributed by atoms with Crippen LogP contribution in [0.25, 0.3) is 0 Å². The Morgan fingerprint density at radius 3 is 2.67 bits per heavy atom. The number of para-hydroxylation sites is 1. The normalized spacial score (nSPS) is 10.9. The van der Waals surface area contributed by atoms with Crippen LogP contribution in [0, 0.1) is 27.7 Å². The molecule has 0 radical (unpaired) electrons. The molecule has 2 aromatic carbocycles. The summed E-state index contributed by atoms with van der Waals surface area (Å²) in [6.45, 7) is 8.22. The van der Waals surface area contributed by atoms with E-state index in [9.17, 15) is 4.79 Å². The number of hydrogen-bond donors (Lipinski definition) is 1. The fraction of sp³-hybridized carbons (Fsp3) is 0.240. The minimum atomic E-state index is -0.372. The maximum absolute atomic E-state index is 13.1. The molecule has 2 heterocycles. The van der Waals surface area contributed by atoms with Crippen molar-refractivity contribution in [3.8, 4) is 5.75 Å². The molecule has 0 aliphatic heterocycles. The number of nitrogens with one attached hydrogen (secondary N) is 1. The molecular formula is C25H25ClN4O3. The highest BCUT2D eigenvalue weighted by molar-refractivity contribution is 6.30. The van der Waals surface area contributed by atoms with Crippen LogP contribution in [0.1, 0.15) is 44.3 Å². The van der Waals surface area contributed by atoms with Crippen LogP contribution in [0.5, 0.6) is 5.75 Å². The van der Waals surface area contributed by atoms with Gasteiger partial charge in [0.2, 0.25) is 0 Å². The highest BCUT2D eigenvalue weighted by Crippen LogP contribution is 2.24. The molecule has 170 valence electrons. The summed E-state index contributed by atoms with van der Waals surface area (Å²) in [5, 5.41) is 12.2. The number of hydrogen-bond acceptors (Lipinski definition) is 5. The minimum absolute atomic E-state index is 0.176. The summed E-state index contributed by atoms with van der Waals surface area (Å²) >= 11 is 6.10. The van der Waals surface area contributed by atoms with E-state index in [1.54, 1.807) is 6.92 Å². The fourth-order valence-electron chi connectivity index (χ4n) is 3.62. The Kier molecular flexibility index (Phi) is 6.51. The zero-order chi connectivity index (χ0) is 23.5. The molecule has 4 rings (SSSR count). The first kappa shape index (κ1) is 22.6. The van der Waals surface area contributed by atoms with Gasteiger partial charge in [0.15, 0.2) is 5.69 Å². The summed E-state index contributed by atoms with van der Waals surface area (Å²) < 4.78 is 13.1. The molecule has 0 fully saturated rings. The van der Waals surface area contributed by atoms with Crippen LogP contribution >= 0.6 is 11.6 Å². The molecule has 0 saturated heterocycles. The highest BCUT2D eigenvalue weighted by Gasteiger charge is 2.23. The molecule has 1 N–H and O–H groups in total. The molecule has 0 aliphatic carbocycles. The van der Waals surface area contributed by atoms with E-state index in [-0.39, 0.29) is 18.2 Å². The van der Waals surface area contributed by atoms with Crippen molar-refractivity contribution in [1.29, 1.82) is 0 Å². The van der Waals surface area contributed by atoms with E-state index >= 15 is 0 Å². The van der Waals surface area contributed by atoms with Gasteiger partial charge in [-0.05, 0) is 57.0 Å². The molecule has 7 nitrogen and oxygen atoms in total. The first-order chi connectivity index (χ1) is 15.8. The smallest absolute Gasteiger partial charge is 0.278 e. The van der Waals surface area contributed by atoms with Crippen molar-refractivity contribution in [2.75, 3.05) is 5.32 Å². The lowest BCUT2D eigenvalue weighted by atomic mass is 10.2. The van der Waals surface area contributed by atoms with E-state index in [2.05, 4.69) is 15.6 Å². The van der Waals surface area contributed by atoms with Crippen molar-refractivity contribution in [3.63, 3.8) is 0 Å². The van der Waals surface area contributed by atoms with Gasteiger partial charge in [-0.15, -0.1) is 0 Å². The van der Waals surface area contributed by atoms with Crippen LogP contribution in [-0.2, 0) is 13.2 Å². The molecule has 0 saturated carbocycles. The van der Waals surface area contributed by atoms with Crippen molar-refractivity contribution in [3.05, 3.63) is 93.1 Å². The Morgan fingerprint density at radius 2 is 1.91 bits per heavy atom. The van der Waals surface area contributed by atoms with Gasteiger partial charge in [-0.3, -0.25) is 9.48 Å². The number of benzene rings is 2. The number of anilines is 1. The lowest BCUT2D eigenvalue weighted by Gasteiger charge is -2.10. The zero-order valence-corrected chi connectivity index (χ0v) is 19.7. The van der Waals surface area contributed by atoms with Gasteiger partial charge in [0, 0.05) is 5.02 Å². The molecule has 0 atom stereocenters. The molecule has 0 spiro atoms. The second-order valence-corrected chi connectivity index (χ2v) is 8.34. The monoisotopic (exact) mass is 464 g/mol. The lowest BCUT2D eigenvalue weighted by Crippen LogP contribution is -2.16. The Labute approximate surface area is 197 Å². The molecule has 8 heteroatoms.